The maximum Gasteiger partial charge on any atom is 0.305 e. The molecule has 0 aromatic carbocycles. The van der Waals surface area contributed by atoms with Gasteiger partial charge in [-0.2, -0.15) is 0 Å². The molecule has 1 rings (SSSR count). The summed E-state index contributed by atoms with van der Waals surface area (Å²) >= 11 is 1.36. The van der Waals surface area contributed by atoms with Gasteiger partial charge in [0.05, 0.1) is 17.1 Å². The first-order valence-electron chi connectivity index (χ1n) is 6.26. The number of amides is 1. The topological polar surface area (TPSA) is 70.5 Å². The molecule has 1 aromatic rings. The van der Waals surface area contributed by atoms with Crippen LogP contribution in [0.15, 0.2) is 0 Å². The molecule has 0 unspecified atom stereocenters. The van der Waals surface area contributed by atoms with Gasteiger partial charge in [-0.15, -0.1) is 11.3 Å². The summed E-state index contributed by atoms with van der Waals surface area (Å²) in [6, 6.07) is 0. The zero-order valence-electron chi connectivity index (χ0n) is 11.8. The Kier molecular flexibility index (Phi) is 5.47. The molecule has 0 radical (unpaired) electrons. The highest BCUT2D eigenvalue weighted by Crippen LogP contribution is 2.20. The second-order valence-corrected chi connectivity index (χ2v) is 6.14. The third-order valence-electron chi connectivity index (χ3n) is 2.57. The van der Waals surface area contributed by atoms with E-state index in [0.29, 0.717) is 17.3 Å². The van der Waals surface area contributed by atoms with Crippen LogP contribution in [0.25, 0.3) is 0 Å². The molecule has 0 saturated carbocycles. The van der Waals surface area contributed by atoms with Crippen LogP contribution in [-0.4, -0.2) is 40.0 Å². The minimum Gasteiger partial charge on any atom is -0.481 e. The summed E-state index contributed by atoms with van der Waals surface area (Å²) in [5.74, 6) is -0.705. The molecule has 1 N–H and O–H groups in total. The number of rotatable bonds is 6. The number of aryl methyl sites for hydroxylation is 2. The summed E-state index contributed by atoms with van der Waals surface area (Å²) < 4.78 is 0. The van der Waals surface area contributed by atoms with Crippen molar-refractivity contribution in [3.63, 3.8) is 0 Å². The van der Waals surface area contributed by atoms with Gasteiger partial charge in [0.1, 0.15) is 4.88 Å². The molecule has 6 heteroatoms. The van der Waals surface area contributed by atoms with Crippen LogP contribution in [0.1, 0.15) is 40.6 Å². The highest BCUT2D eigenvalue weighted by atomic mass is 32.1. The zero-order chi connectivity index (χ0) is 14.6. The molecule has 1 amide bonds. The lowest BCUT2D eigenvalue weighted by Gasteiger charge is -2.23. The summed E-state index contributed by atoms with van der Waals surface area (Å²) in [5, 5.41) is 9.61. The number of aliphatic carboxylic acids is 1. The van der Waals surface area contributed by atoms with E-state index in [1.165, 1.54) is 11.3 Å². The van der Waals surface area contributed by atoms with Gasteiger partial charge in [0.15, 0.2) is 0 Å². The molecule has 0 spiro atoms. The number of hydrogen-bond acceptors (Lipinski definition) is 4. The Labute approximate surface area is 117 Å². The van der Waals surface area contributed by atoms with Crippen LogP contribution in [0, 0.1) is 19.8 Å². The molecule has 5 nitrogen and oxygen atoms in total. The second-order valence-electron chi connectivity index (χ2n) is 4.94. The number of thiazole rings is 1. The number of carbonyl (C=O) groups is 2. The van der Waals surface area contributed by atoms with E-state index < -0.39 is 5.97 Å². The minimum atomic E-state index is -0.890. The van der Waals surface area contributed by atoms with E-state index in [1.807, 2.05) is 27.7 Å². The number of hydrogen-bond donors (Lipinski definition) is 1. The lowest BCUT2D eigenvalue weighted by atomic mass is 10.2. The Hall–Kier alpha value is -1.43. The Bertz CT molecular complexity index is 468. The van der Waals surface area contributed by atoms with Gasteiger partial charge in [-0.25, -0.2) is 4.98 Å². The van der Waals surface area contributed by atoms with Gasteiger partial charge >= 0.3 is 5.97 Å². The average Bonchev–Trinajstić information content (AvgIpc) is 2.62. The van der Waals surface area contributed by atoms with Crippen molar-refractivity contribution >= 4 is 23.2 Å². The second kappa shape index (κ2) is 6.65. The van der Waals surface area contributed by atoms with Gasteiger partial charge in [-0.05, 0) is 19.8 Å². The van der Waals surface area contributed by atoms with E-state index in [-0.39, 0.29) is 18.9 Å². The van der Waals surface area contributed by atoms with Crippen LogP contribution < -0.4 is 0 Å². The third kappa shape index (κ3) is 4.63. The fourth-order valence-electron chi connectivity index (χ4n) is 1.82. The van der Waals surface area contributed by atoms with Crippen molar-refractivity contribution in [3.8, 4) is 0 Å². The first-order valence-corrected chi connectivity index (χ1v) is 7.08. The van der Waals surface area contributed by atoms with E-state index in [0.717, 1.165) is 10.7 Å². The summed E-state index contributed by atoms with van der Waals surface area (Å²) in [6.07, 6.45) is -0.0324. The van der Waals surface area contributed by atoms with Crippen LogP contribution in [0.4, 0.5) is 0 Å². The maximum atomic E-state index is 12.4. The maximum absolute atomic E-state index is 12.4. The van der Waals surface area contributed by atoms with Crippen molar-refractivity contribution in [2.75, 3.05) is 13.1 Å². The molecule has 0 aliphatic carbocycles. The molecule has 1 heterocycles. The van der Waals surface area contributed by atoms with Crippen molar-refractivity contribution in [2.45, 2.75) is 34.1 Å². The van der Waals surface area contributed by atoms with E-state index in [2.05, 4.69) is 4.98 Å². The molecule has 19 heavy (non-hydrogen) atoms. The van der Waals surface area contributed by atoms with Crippen molar-refractivity contribution in [1.82, 2.24) is 9.88 Å². The third-order valence-corrected chi connectivity index (χ3v) is 3.63. The van der Waals surface area contributed by atoms with Gasteiger partial charge in [-0.3, -0.25) is 9.59 Å². The van der Waals surface area contributed by atoms with Crippen LogP contribution in [0.5, 0.6) is 0 Å². The molecule has 0 aliphatic rings. The average molecular weight is 284 g/mol. The van der Waals surface area contributed by atoms with E-state index in [1.54, 1.807) is 4.90 Å². The summed E-state index contributed by atoms with van der Waals surface area (Å²) in [7, 11) is 0. The Balaban J connectivity index is 2.86. The van der Waals surface area contributed by atoms with Gasteiger partial charge in [0, 0.05) is 13.1 Å². The minimum absolute atomic E-state index is 0.0324. The monoisotopic (exact) mass is 284 g/mol. The molecule has 0 atom stereocenters. The number of carboxylic acids is 1. The highest BCUT2D eigenvalue weighted by molar-refractivity contribution is 7.13. The fraction of sp³-hybridized carbons (Fsp3) is 0.615. The molecular formula is C13H20N2O3S. The van der Waals surface area contributed by atoms with Crippen molar-refractivity contribution in [3.05, 3.63) is 15.6 Å². The number of aromatic nitrogens is 1. The van der Waals surface area contributed by atoms with E-state index >= 15 is 0 Å². The predicted molar refractivity (Wildman–Crippen MR) is 74.6 cm³/mol. The van der Waals surface area contributed by atoms with Crippen LogP contribution >= 0.6 is 11.3 Å². The number of nitrogens with zero attached hydrogens (tertiary/aromatic N) is 2. The van der Waals surface area contributed by atoms with Crippen molar-refractivity contribution < 1.29 is 14.7 Å². The Morgan fingerprint density at radius 2 is 2.00 bits per heavy atom. The lowest BCUT2D eigenvalue weighted by molar-refractivity contribution is -0.137. The van der Waals surface area contributed by atoms with E-state index in [4.69, 9.17) is 5.11 Å². The fourth-order valence-corrected chi connectivity index (χ4v) is 2.71. The normalized spacial score (nSPS) is 10.8. The van der Waals surface area contributed by atoms with Crippen molar-refractivity contribution in [2.24, 2.45) is 5.92 Å². The van der Waals surface area contributed by atoms with E-state index in [9.17, 15) is 9.59 Å². The van der Waals surface area contributed by atoms with Crippen LogP contribution in [0.3, 0.4) is 0 Å². The summed E-state index contributed by atoms with van der Waals surface area (Å²) in [4.78, 5) is 29.6. The van der Waals surface area contributed by atoms with Gasteiger partial charge in [-0.1, -0.05) is 13.8 Å². The molecule has 0 bridgehead atoms. The first kappa shape index (κ1) is 15.6. The standard InChI is InChI=1S/C13H20N2O3S/c1-8(2)7-15(6-5-11(16)17)13(18)12-9(3)14-10(4)19-12/h8H,5-7H2,1-4H3,(H,16,17). The van der Waals surface area contributed by atoms with Crippen LogP contribution in [-0.2, 0) is 4.79 Å². The predicted octanol–water partition coefficient (Wildman–Crippen LogP) is 2.33. The van der Waals surface area contributed by atoms with Gasteiger partial charge < -0.3 is 10.0 Å². The highest BCUT2D eigenvalue weighted by Gasteiger charge is 2.22. The Morgan fingerprint density at radius 3 is 2.42 bits per heavy atom. The van der Waals surface area contributed by atoms with Crippen LogP contribution in [0.2, 0.25) is 0 Å². The van der Waals surface area contributed by atoms with Gasteiger partial charge in [0.25, 0.3) is 5.91 Å². The Morgan fingerprint density at radius 1 is 1.37 bits per heavy atom. The lowest BCUT2D eigenvalue weighted by Crippen LogP contribution is -2.35. The molecule has 0 saturated heterocycles. The molecule has 1 aromatic heterocycles. The van der Waals surface area contributed by atoms with Gasteiger partial charge in [0.2, 0.25) is 0 Å². The molecule has 0 fully saturated rings. The zero-order valence-corrected chi connectivity index (χ0v) is 12.6. The first-order chi connectivity index (χ1) is 8.81. The van der Waals surface area contributed by atoms with Crippen molar-refractivity contribution in [1.29, 1.82) is 0 Å². The summed E-state index contributed by atoms with van der Waals surface area (Å²) in [5.41, 5.74) is 0.719. The number of carbonyl (C=O) groups excluding carboxylic acids is 1. The SMILES string of the molecule is Cc1nc(C)c(C(=O)N(CCC(=O)O)CC(C)C)s1. The summed E-state index contributed by atoms with van der Waals surface area (Å²) in [6.45, 7) is 8.48. The largest absolute Gasteiger partial charge is 0.481 e. The quantitative estimate of drug-likeness (QED) is 0.870. The smallest absolute Gasteiger partial charge is 0.305 e. The molecule has 0 aliphatic heterocycles. The molecule has 106 valence electrons. The number of carboxylic acid groups (broad SMARTS) is 1. The molecular weight excluding hydrogens is 264 g/mol.